The highest BCUT2D eigenvalue weighted by Gasteiger charge is 2.12. The predicted molar refractivity (Wildman–Crippen MR) is 144 cm³/mol. The summed E-state index contributed by atoms with van der Waals surface area (Å²) in [6.45, 7) is 8.20. The summed E-state index contributed by atoms with van der Waals surface area (Å²) in [5.74, 6) is 1.33. The van der Waals surface area contributed by atoms with Gasteiger partial charge in [0.25, 0.3) is 5.91 Å². The van der Waals surface area contributed by atoms with Gasteiger partial charge in [0.1, 0.15) is 11.3 Å². The number of nitrogens with one attached hydrogen (secondary N) is 2. The second-order valence-electron chi connectivity index (χ2n) is 8.70. The molecule has 180 valence electrons. The van der Waals surface area contributed by atoms with E-state index in [0.717, 1.165) is 34.2 Å². The maximum atomic E-state index is 12.3. The van der Waals surface area contributed by atoms with Crippen molar-refractivity contribution in [3.63, 3.8) is 0 Å². The van der Waals surface area contributed by atoms with Crippen LogP contribution in [0.25, 0.3) is 22.6 Å². The minimum atomic E-state index is -0.338. The van der Waals surface area contributed by atoms with Gasteiger partial charge < -0.3 is 14.5 Å². The Morgan fingerprint density at radius 3 is 2.71 bits per heavy atom. The number of ether oxygens (including phenoxy) is 1. The molecular weight excluding hydrogens is 458 g/mol. The van der Waals surface area contributed by atoms with E-state index in [1.165, 1.54) is 5.56 Å². The molecule has 4 aromatic rings. The lowest BCUT2D eigenvalue weighted by Gasteiger charge is -2.12. The van der Waals surface area contributed by atoms with Gasteiger partial charge in [0.2, 0.25) is 5.89 Å². The summed E-state index contributed by atoms with van der Waals surface area (Å²) in [7, 11) is 0. The average Bonchev–Trinajstić information content (AvgIpc) is 3.26. The van der Waals surface area contributed by atoms with Crippen LogP contribution in [0.2, 0.25) is 0 Å². The molecule has 3 aromatic carbocycles. The third-order valence-corrected chi connectivity index (χ3v) is 6.11. The molecule has 0 radical (unpaired) electrons. The highest BCUT2D eigenvalue weighted by atomic mass is 32.1. The van der Waals surface area contributed by atoms with Crippen molar-refractivity contribution in [2.75, 3.05) is 11.9 Å². The Hall–Kier alpha value is -3.71. The van der Waals surface area contributed by atoms with Crippen molar-refractivity contribution in [2.45, 2.75) is 40.0 Å². The molecule has 4 rings (SSSR count). The zero-order valence-corrected chi connectivity index (χ0v) is 21.2. The van der Waals surface area contributed by atoms with Crippen molar-refractivity contribution < 1.29 is 13.9 Å². The number of carbonyl (C=O) groups is 1. The van der Waals surface area contributed by atoms with E-state index in [2.05, 4.69) is 41.6 Å². The molecule has 35 heavy (non-hydrogen) atoms. The molecule has 1 atom stereocenters. The standard InChI is InChI=1S/C28H29N3O3S/c1-5-18(3)20-10-12-25-23(15-20)30-27(34-25)21-7-6-8-22(14-21)29-28(35)31-26(32)16-33-24-11-9-17(2)13-19(24)4/h6-15,18H,5,16H2,1-4H3,(H2,29,31,32,35)/t18-/m1/s1. The lowest BCUT2D eigenvalue weighted by Crippen LogP contribution is -2.37. The molecule has 7 heteroatoms. The number of rotatable bonds is 7. The van der Waals surface area contributed by atoms with Crippen molar-refractivity contribution in [2.24, 2.45) is 0 Å². The number of benzene rings is 3. The van der Waals surface area contributed by atoms with E-state index in [1.54, 1.807) is 0 Å². The zero-order chi connectivity index (χ0) is 24.9. The summed E-state index contributed by atoms with van der Waals surface area (Å²) in [6.07, 6.45) is 1.07. The van der Waals surface area contributed by atoms with Gasteiger partial charge >= 0.3 is 0 Å². The van der Waals surface area contributed by atoms with Gasteiger partial charge in [-0.25, -0.2) is 4.98 Å². The average molecular weight is 488 g/mol. The van der Waals surface area contributed by atoms with E-state index in [0.29, 0.717) is 23.2 Å². The Kier molecular flexibility index (Phi) is 7.46. The van der Waals surface area contributed by atoms with Gasteiger partial charge in [0.05, 0.1) is 0 Å². The molecule has 6 nitrogen and oxygen atoms in total. The van der Waals surface area contributed by atoms with Gasteiger partial charge in [0.15, 0.2) is 17.3 Å². The number of aromatic nitrogens is 1. The first-order valence-corrected chi connectivity index (χ1v) is 12.0. The quantitative estimate of drug-likeness (QED) is 0.289. The number of oxazole rings is 1. The molecule has 0 unspecified atom stereocenters. The molecule has 0 bridgehead atoms. The SMILES string of the molecule is CC[C@@H](C)c1ccc2oc(-c3cccc(NC(=S)NC(=O)COc4ccc(C)cc4C)c3)nc2c1. The Morgan fingerprint density at radius 2 is 1.94 bits per heavy atom. The lowest BCUT2D eigenvalue weighted by molar-refractivity contribution is -0.121. The second-order valence-corrected chi connectivity index (χ2v) is 9.10. The third kappa shape index (κ3) is 6.05. The maximum Gasteiger partial charge on any atom is 0.264 e. The van der Waals surface area contributed by atoms with Crippen LogP contribution < -0.4 is 15.4 Å². The zero-order valence-electron chi connectivity index (χ0n) is 20.3. The predicted octanol–water partition coefficient (Wildman–Crippen LogP) is 6.52. The van der Waals surface area contributed by atoms with Crippen molar-refractivity contribution >= 4 is 40.0 Å². The number of hydrogen-bond donors (Lipinski definition) is 2. The van der Waals surface area contributed by atoms with Gasteiger partial charge in [-0.1, -0.05) is 43.7 Å². The minimum absolute atomic E-state index is 0.132. The molecule has 0 aliphatic heterocycles. The molecule has 2 N–H and O–H groups in total. The van der Waals surface area contributed by atoms with Crippen molar-refractivity contribution in [3.05, 3.63) is 77.4 Å². The van der Waals surface area contributed by atoms with Gasteiger partial charge in [-0.2, -0.15) is 0 Å². The molecule has 0 fully saturated rings. The molecular formula is C28H29N3O3S. The van der Waals surface area contributed by atoms with E-state index >= 15 is 0 Å². The lowest BCUT2D eigenvalue weighted by atomic mass is 9.98. The van der Waals surface area contributed by atoms with E-state index in [1.807, 2.05) is 62.4 Å². The summed E-state index contributed by atoms with van der Waals surface area (Å²) in [5, 5.41) is 5.88. The van der Waals surface area contributed by atoms with Crippen molar-refractivity contribution in [3.8, 4) is 17.2 Å². The first-order chi connectivity index (χ1) is 16.8. The fourth-order valence-electron chi connectivity index (χ4n) is 3.77. The van der Waals surface area contributed by atoms with E-state index in [4.69, 9.17) is 21.4 Å². The molecule has 0 aliphatic rings. The number of amides is 1. The fourth-order valence-corrected chi connectivity index (χ4v) is 4.00. The van der Waals surface area contributed by atoms with E-state index < -0.39 is 0 Å². The maximum absolute atomic E-state index is 12.3. The molecule has 1 amide bonds. The first kappa shape index (κ1) is 24.4. The number of hydrogen-bond acceptors (Lipinski definition) is 5. The molecule has 0 spiro atoms. The van der Waals surface area contributed by atoms with E-state index in [-0.39, 0.29) is 17.6 Å². The van der Waals surface area contributed by atoms with Gasteiger partial charge in [-0.15, -0.1) is 0 Å². The summed E-state index contributed by atoms with van der Waals surface area (Å²) < 4.78 is 11.6. The number of thiocarbonyl (C=S) groups is 1. The summed E-state index contributed by atoms with van der Waals surface area (Å²) in [5.41, 5.74) is 6.47. The molecule has 1 aromatic heterocycles. The molecule has 1 heterocycles. The minimum Gasteiger partial charge on any atom is -0.483 e. The highest BCUT2D eigenvalue weighted by molar-refractivity contribution is 7.80. The Bertz CT molecular complexity index is 1380. The summed E-state index contributed by atoms with van der Waals surface area (Å²) in [4.78, 5) is 17.0. The molecule has 0 saturated carbocycles. The fraction of sp³-hybridized carbons (Fsp3) is 0.250. The van der Waals surface area contributed by atoms with Crippen molar-refractivity contribution in [1.29, 1.82) is 0 Å². The van der Waals surface area contributed by atoms with Crippen LogP contribution in [0.3, 0.4) is 0 Å². The normalized spacial score (nSPS) is 11.8. The van der Waals surface area contributed by atoms with Crippen LogP contribution in [0.1, 0.15) is 42.9 Å². The number of aryl methyl sites for hydroxylation is 2. The number of carbonyl (C=O) groups excluding carboxylic acids is 1. The largest absolute Gasteiger partial charge is 0.483 e. The van der Waals surface area contributed by atoms with Crippen LogP contribution in [-0.4, -0.2) is 22.6 Å². The van der Waals surface area contributed by atoms with Crippen LogP contribution in [0.15, 0.2) is 65.1 Å². The van der Waals surface area contributed by atoms with Crippen LogP contribution in [0, 0.1) is 13.8 Å². The Balaban J connectivity index is 1.38. The van der Waals surface area contributed by atoms with Gasteiger partial charge in [-0.05, 0) is 85.9 Å². The van der Waals surface area contributed by atoms with Crippen LogP contribution in [0.5, 0.6) is 5.75 Å². The van der Waals surface area contributed by atoms with E-state index in [9.17, 15) is 4.79 Å². The topological polar surface area (TPSA) is 76.4 Å². The van der Waals surface area contributed by atoms with Crippen LogP contribution >= 0.6 is 12.2 Å². The molecule has 0 saturated heterocycles. The number of nitrogens with zero attached hydrogens (tertiary/aromatic N) is 1. The molecule has 0 aliphatic carbocycles. The second kappa shape index (κ2) is 10.7. The highest BCUT2D eigenvalue weighted by Crippen LogP contribution is 2.29. The van der Waals surface area contributed by atoms with Crippen LogP contribution in [-0.2, 0) is 4.79 Å². The summed E-state index contributed by atoms with van der Waals surface area (Å²) >= 11 is 5.31. The van der Waals surface area contributed by atoms with Gasteiger partial charge in [-0.3, -0.25) is 10.1 Å². The number of fused-ring (bicyclic) bond motifs is 1. The Labute approximate surface area is 210 Å². The Morgan fingerprint density at radius 1 is 1.11 bits per heavy atom. The smallest absolute Gasteiger partial charge is 0.264 e. The van der Waals surface area contributed by atoms with Crippen molar-refractivity contribution in [1.82, 2.24) is 10.3 Å². The number of anilines is 1. The van der Waals surface area contributed by atoms with Gasteiger partial charge in [0, 0.05) is 11.3 Å². The monoisotopic (exact) mass is 487 g/mol. The summed E-state index contributed by atoms with van der Waals surface area (Å²) in [6, 6.07) is 19.5. The first-order valence-electron chi connectivity index (χ1n) is 11.6. The van der Waals surface area contributed by atoms with Crippen LogP contribution in [0.4, 0.5) is 5.69 Å². The third-order valence-electron chi connectivity index (χ3n) is 5.90.